The second-order valence-electron chi connectivity index (χ2n) is 11.7. The number of rotatable bonds is 5. The van der Waals surface area contributed by atoms with Crippen molar-refractivity contribution in [2.45, 2.75) is 69.9 Å². The van der Waals surface area contributed by atoms with Crippen LogP contribution in [-0.2, 0) is 19.7 Å². The molecule has 1 unspecified atom stereocenters. The topological polar surface area (TPSA) is 78.9 Å². The molecule has 0 aromatic heterocycles. The van der Waals surface area contributed by atoms with Gasteiger partial charge in [0, 0.05) is 25.2 Å². The van der Waals surface area contributed by atoms with Crippen molar-refractivity contribution in [3.8, 4) is 0 Å². The first-order chi connectivity index (χ1) is 16.1. The van der Waals surface area contributed by atoms with Crippen molar-refractivity contribution in [2.75, 3.05) is 26.3 Å². The molecule has 0 spiro atoms. The molecule has 5 fully saturated rings. The van der Waals surface area contributed by atoms with Crippen LogP contribution < -0.4 is 5.32 Å². The Morgan fingerprint density at radius 3 is 2.44 bits per heavy atom. The maximum Gasteiger partial charge on any atom is 0.246 e. The van der Waals surface area contributed by atoms with E-state index in [4.69, 9.17) is 4.74 Å². The first-order valence-corrected chi connectivity index (χ1v) is 12.8. The van der Waals surface area contributed by atoms with Crippen molar-refractivity contribution < 1.29 is 19.4 Å². The fraction of sp³-hybridized carbons (Fsp3) is 0.643. The number of nitrogens with zero attached hydrogens (tertiary/aromatic N) is 1. The third-order valence-corrected chi connectivity index (χ3v) is 8.67. The van der Waals surface area contributed by atoms with E-state index in [-0.39, 0.29) is 17.9 Å². The van der Waals surface area contributed by atoms with Gasteiger partial charge in [0.25, 0.3) is 0 Å². The Balaban J connectivity index is 1.29. The molecule has 2 amide bonds. The molecular formula is C28H38N2O4. The monoisotopic (exact) mass is 466 g/mol. The number of aryl methyl sites for hydroxylation is 1. The molecule has 184 valence electrons. The van der Waals surface area contributed by atoms with Crippen LogP contribution in [0, 0.1) is 24.7 Å². The molecule has 1 saturated heterocycles. The molecule has 34 heavy (non-hydrogen) atoms. The number of benzene rings is 1. The van der Waals surface area contributed by atoms with Crippen molar-refractivity contribution in [3.05, 3.63) is 41.0 Å². The van der Waals surface area contributed by atoms with E-state index in [1.54, 1.807) is 11.0 Å². The molecule has 6 nitrogen and oxygen atoms in total. The summed E-state index contributed by atoms with van der Waals surface area (Å²) in [6.07, 6.45) is 8.31. The number of nitrogens with one attached hydrogen (secondary N) is 1. The molecule has 1 aromatic carbocycles. The predicted molar refractivity (Wildman–Crippen MR) is 131 cm³/mol. The van der Waals surface area contributed by atoms with Crippen molar-refractivity contribution in [1.29, 1.82) is 0 Å². The fourth-order valence-corrected chi connectivity index (χ4v) is 7.01. The summed E-state index contributed by atoms with van der Waals surface area (Å²) in [5, 5.41) is 14.3. The highest BCUT2D eigenvalue weighted by atomic mass is 16.5. The van der Waals surface area contributed by atoms with E-state index in [0.717, 1.165) is 48.8 Å². The average molecular weight is 467 g/mol. The van der Waals surface area contributed by atoms with Gasteiger partial charge in [0.15, 0.2) is 0 Å². The second-order valence-corrected chi connectivity index (χ2v) is 11.7. The van der Waals surface area contributed by atoms with Crippen molar-refractivity contribution in [3.63, 3.8) is 0 Å². The molecule has 4 aliphatic carbocycles. The average Bonchev–Trinajstić information content (AvgIpc) is 2.78. The van der Waals surface area contributed by atoms with Gasteiger partial charge < -0.3 is 20.1 Å². The van der Waals surface area contributed by atoms with E-state index in [1.807, 2.05) is 39.0 Å². The van der Waals surface area contributed by atoms with Gasteiger partial charge in [-0.25, -0.2) is 0 Å². The lowest BCUT2D eigenvalue weighted by atomic mass is 9.52. The van der Waals surface area contributed by atoms with Crippen LogP contribution >= 0.6 is 0 Å². The quantitative estimate of drug-likeness (QED) is 0.654. The summed E-state index contributed by atoms with van der Waals surface area (Å²) in [5.74, 6) is 1.43. The first-order valence-electron chi connectivity index (χ1n) is 12.8. The molecule has 4 saturated carbocycles. The summed E-state index contributed by atoms with van der Waals surface area (Å²) < 4.78 is 5.33. The molecule has 6 heteroatoms. The van der Waals surface area contributed by atoms with E-state index in [2.05, 4.69) is 11.4 Å². The van der Waals surface area contributed by atoms with Gasteiger partial charge in [0.05, 0.1) is 24.2 Å². The highest BCUT2D eigenvalue weighted by Crippen LogP contribution is 2.55. The Hall–Kier alpha value is -2.18. The van der Waals surface area contributed by atoms with Gasteiger partial charge in [-0.1, -0.05) is 23.8 Å². The third kappa shape index (κ3) is 4.55. The van der Waals surface area contributed by atoms with Crippen LogP contribution in [0.1, 0.15) is 62.6 Å². The molecular weight excluding hydrogens is 428 g/mol. The molecule has 1 aromatic rings. The van der Waals surface area contributed by atoms with Gasteiger partial charge in [-0.3, -0.25) is 9.59 Å². The number of hydrogen-bond donors (Lipinski definition) is 2. The Kier molecular flexibility index (Phi) is 6.09. The van der Waals surface area contributed by atoms with Crippen LogP contribution in [0.25, 0.3) is 6.08 Å². The van der Waals surface area contributed by atoms with Crippen LogP contribution in [0.3, 0.4) is 0 Å². The highest BCUT2D eigenvalue weighted by molar-refractivity contribution is 5.92. The summed E-state index contributed by atoms with van der Waals surface area (Å²) >= 11 is 0. The normalized spacial score (nSPS) is 32.9. The van der Waals surface area contributed by atoms with E-state index in [0.29, 0.717) is 44.1 Å². The molecule has 1 aliphatic heterocycles. The standard InChI is InChI=1S/C28H38N2O4/c1-18-10-19(4-5-24(31)30-6-8-34-9-7-30)14-23(11-18)27(2,3)26(32)29-25-21-12-20-13-22(25)17-28(33,15-20)16-21/h4-5,10-11,14,20-22,25,33H,6-9,12-13,15-17H2,1-3H3,(H,29,32)/b5-4+/t20?,21-,22+,25-,28-. The fourth-order valence-electron chi connectivity index (χ4n) is 7.01. The predicted octanol–water partition coefficient (Wildman–Crippen LogP) is 3.20. The highest BCUT2D eigenvalue weighted by Gasteiger charge is 2.55. The molecule has 5 atom stereocenters. The number of aliphatic hydroxyl groups is 1. The number of carbonyl (C=O) groups is 2. The van der Waals surface area contributed by atoms with Crippen LogP contribution in [-0.4, -0.2) is 59.8 Å². The van der Waals surface area contributed by atoms with Gasteiger partial charge in [-0.05, 0) is 87.8 Å². The minimum atomic E-state index is -0.700. The first kappa shape index (κ1) is 23.6. The van der Waals surface area contributed by atoms with Gasteiger partial charge >= 0.3 is 0 Å². The third-order valence-electron chi connectivity index (χ3n) is 8.67. The van der Waals surface area contributed by atoms with E-state index < -0.39 is 11.0 Å². The van der Waals surface area contributed by atoms with E-state index in [9.17, 15) is 14.7 Å². The zero-order valence-corrected chi connectivity index (χ0v) is 20.7. The SMILES string of the molecule is Cc1cc(/C=C/C(=O)N2CCOCC2)cc(C(C)(C)C(=O)N[C@@H]2[C@@H]3CC4C[C@H]2C[C@@](O)(C4)C3)c1. The number of ether oxygens (including phenoxy) is 1. The molecule has 5 aliphatic rings. The lowest BCUT2D eigenvalue weighted by Gasteiger charge is -2.58. The minimum absolute atomic E-state index is 0.00750. The van der Waals surface area contributed by atoms with Gasteiger partial charge in [0.2, 0.25) is 11.8 Å². The number of amides is 2. The molecule has 4 bridgehead atoms. The van der Waals surface area contributed by atoms with Crippen LogP contribution in [0.2, 0.25) is 0 Å². The van der Waals surface area contributed by atoms with E-state index in [1.165, 1.54) is 0 Å². The largest absolute Gasteiger partial charge is 0.390 e. The number of morpholine rings is 1. The lowest BCUT2D eigenvalue weighted by Crippen LogP contribution is -2.62. The van der Waals surface area contributed by atoms with Crippen LogP contribution in [0.15, 0.2) is 24.3 Å². The molecule has 6 rings (SSSR count). The van der Waals surface area contributed by atoms with Crippen molar-refractivity contribution in [2.24, 2.45) is 17.8 Å². The van der Waals surface area contributed by atoms with Crippen LogP contribution in [0.5, 0.6) is 0 Å². The summed E-state index contributed by atoms with van der Waals surface area (Å²) in [6, 6.07) is 6.30. The maximum absolute atomic E-state index is 13.6. The maximum atomic E-state index is 13.6. The summed E-state index contributed by atoms with van der Waals surface area (Å²) in [5.41, 5.74) is 1.74. The summed E-state index contributed by atoms with van der Waals surface area (Å²) in [7, 11) is 0. The zero-order chi connectivity index (χ0) is 24.1. The number of hydrogen-bond acceptors (Lipinski definition) is 4. The smallest absolute Gasteiger partial charge is 0.246 e. The van der Waals surface area contributed by atoms with Crippen molar-refractivity contribution in [1.82, 2.24) is 10.2 Å². The lowest BCUT2D eigenvalue weighted by molar-refractivity contribution is -0.148. The Morgan fingerprint density at radius 1 is 1.12 bits per heavy atom. The summed E-state index contributed by atoms with van der Waals surface area (Å²) in [4.78, 5) is 27.9. The summed E-state index contributed by atoms with van der Waals surface area (Å²) in [6.45, 7) is 8.39. The minimum Gasteiger partial charge on any atom is -0.390 e. The van der Waals surface area contributed by atoms with Crippen molar-refractivity contribution >= 4 is 17.9 Å². The second kappa shape index (κ2) is 8.80. The molecule has 1 heterocycles. The zero-order valence-electron chi connectivity index (χ0n) is 20.7. The van der Waals surface area contributed by atoms with Gasteiger partial charge in [-0.15, -0.1) is 0 Å². The molecule has 2 N–H and O–H groups in total. The van der Waals surface area contributed by atoms with Gasteiger partial charge in [0.1, 0.15) is 0 Å². The van der Waals surface area contributed by atoms with E-state index >= 15 is 0 Å². The van der Waals surface area contributed by atoms with Gasteiger partial charge in [-0.2, -0.15) is 0 Å². The number of carbonyl (C=O) groups excluding carboxylic acids is 2. The Bertz CT molecular complexity index is 978. The Morgan fingerprint density at radius 2 is 1.79 bits per heavy atom. The van der Waals surface area contributed by atoms with Crippen LogP contribution in [0.4, 0.5) is 0 Å². The molecule has 0 radical (unpaired) electrons. The Labute approximate surface area is 202 Å².